The Bertz CT molecular complexity index is 1120. The topological polar surface area (TPSA) is 70.9 Å². The zero-order valence-corrected chi connectivity index (χ0v) is 15.6. The molecule has 1 aromatic heterocycles. The first kappa shape index (κ1) is 17.9. The van der Waals surface area contributed by atoms with Crippen molar-refractivity contribution in [3.8, 4) is 5.75 Å². The maximum Gasteiger partial charge on any atom is 0.344 e. The molecule has 0 amide bonds. The van der Waals surface area contributed by atoms with Crippen LogP contribution in [0.5, 0.6) is 5.75 Å². The van der Waals surface area contributed by atoms with E-state index in [4.69, 9.17) is 4.74 Å². The molecule has 140 valence electrons. The van der Waals surface area contributed by atoms with E-state index in [1.807, 2.05) is 24.3 Å². The highest BCUT2D eigenvalue weighted by Gasteiger charge is 2.24. The van der Waals surface area contributed by atoms with Crippen LogP contribution in [0, 0.1) is 5.82 Å². The number of hydrogen-bond donors (Lipinski definition) is 2. The van der Waals surface area contributed by atoms with Gasteiger partial charge in [-0.1, -0.05) is 18.2 Å². The van der Waals surface area contributed by atoms with Crippen molar-refractivity contribution >= 4 is 51.5 Å². The normalized spacial score (nSPS) is 13.6. The second-order valence-corrected chi connectivity index (χ2v) is 7.07. The van der Waals surface area contributed by atoms with E-state index in [1.165, 1.54) is 30.6 Å². The van der Waals surface area contributed by atoms with Crippen molar-refractivity contribution < 1.29 is 19.0 Å². The smallest absolute Gasteiger partial charge is 0.344 e. The monoisotopic (exact) mass is 394 g/mol. The number of halogens is 1. The Morgan fingerprint density at radius 2 is 1.96 bits per heavy atom. The highest BCUT2D eigenvalue weighted by Crippen LogP contribution is 2.43. The number of benzene rings is 2. The van der Waals surface area contributed by atoms with Gasteiger partial charge in [0.2, 0.25) is 0 Å². The summed E-state index contributed by atoms with van der Waals surface area (Å²) in [7, 11) is 1.25. The molecule has 0 spiro atoms. The zero-order valence-electron chi connectivity index (χ0n) is 14.8. The highest BCUT2D eigenvalue weighted by atomic mass is 32.1. The number of nitrogens with zero attached hydrogens (tertiary/aromatic N) is 1. The van der Waals surface area contributed by atoms with E-state index in [0.717, 1.165) is 16.8 Å². The maximum absolute atomic E-state index is 13.1. The van der Waals surface area contributed by atoms with Crippen LogP contribution in [-0.4, -0.2) is 24.4 Å². The third kappa shape index (κ3) is 3.27. The van der Waals surface area contributed by atoms with Gasteiger partial charge in [0, 0.05) is 23.0 Å². The van der Waals surface area contributed by atoms with Gasteiger partial charge in [0.25, 0.3) is 0 Å². The Balaban J connectivity index is 1.76. The number of allylic oxidation sites excluding steroid dienone is 1. The van der Waals surface area contributed by atoms with Gasteiger partial charge in [0.15, 0.2) is 0 Å². The number of fused-ring (bicyclic) bond motifs is 1. The summed E-state index contributed by atoms with van der Waals surface area (Å²) >= 11 is 1.20. The summed E-state index contributed by atoms with van der Waals surface area (Å²) in [5.74, 6) is -1.20. The molecule has 0 aliphatic carbocycles. The molecule has 7 heteroatoms. The minimum Gasteiger partial charge on any atom is -0.505 e. The second-order valence-electron chi connectivity index (χ2n) is 6.02. The molecule has 5 nitrogen and oxygen atoms in total. The molecular weight excluding hydrogens is 379 g/mol. The summed E-state index contributed by atoms with van der Waals surface area (Å²) in [6, 6.07) is 13.4. The Kier molecular flexibility index (Phi) is 4.67. The number of anilines is 2. The molecule has 28 heavy (non-hydrogen) atoms. The molecule has 4 rings (SSSR count). The molecule has 2 aromatic carbocycles. The molecule has 0 saturated heterocycles. The third-order valence-electron chi connectivity index (χ3n) is 4.25. The number of esters is 1. The fraction of sp³-hybridized carbons (Fsp3) is 0.0476. The molecule has 0 saturated carbocycles. The average molecular weight is 394 g/mol. The van der Waals surface area contributed by atoms with Crippen molar-refractivity contribution in [1.82, 2.24) is 0 Å². The molecule has 1 aliphatic heterocycles. The fourth-order valence-corrected chi connectivity index (χ4v) is 3.93. The van der Waals surface area contributed by atoms with Gasteiger partial charge < -0.3 is 15.2 Å². The number of rotatable bonds is 4. The molecule has 0 radical (unpaired) electrons. The number of para-hydroxylation sites is 1. The number of nitrogens with one attached hydrogen (secondary N) is 1. The van der Waals surface area contributed by atoms with Gasteiger partial charge in [-0.25, -0.2) is 9.18 Å². The van der Waals surface area contributed by atoms with E-state index >= 15 is 0 Å². The zero-order chi connectivity index (χ0) is 19.7. The van der Waals surface area contributed by atoms with Crippen LogP contribution >= 0.6 is 11.3 Å². The first-order valence-electron chi connectivity index (χ1n) is 8.38. The van der Waals surface area contributed by atoms with Gasteiger partial charge in [-0.05, 0) is 36.4 Å². The van der Waals surface area contributed by atoms with E-state index in [-0.39, 0.29) is 17.1 Å². The molecule has 0 bridgehead atoms. The molecule has 0 fully saturated rings. The third-order valence-corrected chi connectivity index (χ3v) is 5.29. The largest absolute Gasteiger partial charge is 0.505 e. The summed E-state index contributed by atoms with van der Waals surface area (Å²) in [5.41, 5.74) is 3.24. The van der Waals surface area contributed by atoms with Gasteiger partial charge in [0.05, 0.1) is 17.7 Å². The Morgan fingerprint density at radius 1 is 1.21 bits per heavy atom. The van der Waals surface area contributed by atoms with Crippen molar-refractivity contribution in [2.75, 3.05) is 12.4 Å². The molecular formula is C21H15FN2O3S. The van der Waals surface area contributed by atoms with Crippen molar-refractivity contribution in [2.45, 2.75) is 0 Å². The second kappa shape index (κ2) is 7.28. The van der Waals surface area contributed by atoms with E-state index in [2.05, 4.69) is 10.3 Å². The SMILES string of the molecule is COC(=O)c1c(Nc2ccc(F)cc2)sc(/C=C2\C=Nc3ccccc32)c1O. The number of ether oxygens (including phenoxy) is 1. The van der Waals surface area contributed by atoms with Crippen LogP contribution in [0.1, 0.15) is 20.8 Å². The summed E-state index contributed by atoms with van der Waals surface area (Å²) in [6.07, 6.45) is 3.49. The number of aliphatic imine (C=N–C) groups is 1. The van der Waals surface area contributed by atoms with Crippen molar-refractivity contribution in [3.05, 3.63) is 70.4 Å². The lowest BCUT2D eigenvalue weighted by Crippen LogP contribution is -2.03. The van der Waals surface area contributed by atoms with E-state index in [1.54, 1.807) is 24.4 Å². The van der Waals surface area contributed by atoms with Crippen molar-refractivity contribution in [3.63, 3.8) is 0 Å². The van der Waals surface area contributed by atoms with Crippen LogP contribution in [0.25, 0.3) is 11.6 Å². The summed E-state index contributed by atoms with van der Waals surface area (Å²) in [5, 5.41) is 14.1. The predicted molar refractivity (Wildman–Crippen MR) is 109 cm³/mol. The van der Waals surface area contributed by atoms with Crippen LogP contribution in [-0.2, 0) is 4.74 Å². The van der Waals surface area contributed by atoms with E-state index in [0.29, 0.717) is 15.6 Å². The summed E-state index contributed by atoms with van der Waals surface area (Å²) in [6.45, 7) is 0. The lowest BCUT2D eigenvalue weighted by atomic mass is 10.1. The predicted octanol–water partition coefficient (Wildman–Crippen LogP) is 5.38. The molecule has 0 unspecified atom stereocenters. The highest BCUT2D eigenvalue weighted by molar-refractivity contribution is 7.18. The maximum atomic E-state index is 13.1. The molecule has 1 aliphatic rings. The van der Waals surface area contributed by atoms with Gasteiger partial charge >= 0.3 is 5.97 Å². The van der Waals surface area contributed by atoms with Crippen molar-refractivity contribution in [1.29, 1.82) is 0 Å². The fourth-order valence-electron chi connectivity index (χ4n) is 2.88. The molecule has 2 N–H and O–H groups in total. The molecule has 3 aromatic rings. The van der Waals surface area contributed by atoms with Crippen LogP contribution in [0.15, 0.2) is 53.5 Å². The van der Waals surface area contributed by atoms with Gasteiger partial charge in [-0.3, -0.25) is 4.99 Å². The lowest BCUT2D eigenvalue weighted by molar-refractivity contribution is 0.0599. The van der Waals surface area contributed by atoms with Gasteiger partial charge in [-0.2, -0.15) is 0 Å². The molecule has 0 atom stereocenters. The van der Waals surface area contributed by atoms with Crippen molar-refractivity contribution in [2.24, 2.45) is 4.99 Å². The van der Waals surface area contributed by atoms with Crippen LogP contribution in [0.4, 0.5) is 20.8 Å². The Morgan fingerprint density at radius 3 is 2.71 bits per heavy atom. The Labute approximate surface area is 164 Å². The standard InChI is InChI=1S/C21H15FN2O3S/c1-27-21(26)18-19(25)17(10-12-11-23-16-5-3-2-4-15(12)16)28-20(18)24-14-8-6-13(22)7-9-14/h2-11,24-25H,1H3/b12-10+. The average Bonchev–Trinajstić information content (AvgIpc) is 3.25. The lowest BCUT2D eigenvalue weighted by Gasteiger charge is -2.06. The van der Waals surface area contributed by atoms with Crippen LogP contribution in [0.2, 0.25) is 0 Å². The minimum absolute atomic E-state index is 0.0342. The number of thiophene rings is 1. The summed E-state index contributed by atoms with van der Waals surface area (Å²) < 4.78 is 18.0. The van der Waals surface area contributed by atoms with Crippen LogP contribution in [0.3, 0.4) is 0 Å². The molecule has 2 heterocycles. The summed E-state index contributed by atoms with van der Waals surface area (Å²) in [4.78, 5) is 17.1. The number of carbonyl (C=O) groups excluding carboxylic acids is 1. The number of hydrogen-bond acceptors (Lipinski definition) is 6. The van der Waals surface area contributed by atoms with Gasteiger partial charge in [0.1, 0.15) is 22.1 Å². The number of carbonyl (C=O) groups is 1. The van der Waals surface area contributed by atoms with Crippen LogP contribution < -0.4 is 5.32 Å². The van der Waals surface area contributed by atoms with E-state index < -0.39 is 5.97 Å². The van der Waals surface area contributed by atoms with E-state index in [9.17, 15) is 14.3 Å². The minimum atomic E-state index is -0.663. The quantitative estimate of drug-likeness (QED) is 0.583. The number of aromatic hydroxyl groups is 1. The van der Waals surface area contributed by atoms with Gasteiger partial charge in [-0.15, -0.1) is 11.3 Å². The first-order valence-corrected chi connectivity index (χ1v) is 9.20. The number of methoxy groups -OCH3 is 1. The Hall–Kier alpha value is -3.45. The first-order chi connectivity index (χ1) is 13.6.